The smallest absolute Gasteiger partial charge is 0.415 e. The van der Waals surface area contributed by atoms with Crippen LogP contribution in [0, 0.1) is 0 Å². The average molecular weight is 399 g/mol. The minimum Gasteiger partial charge on any atom is -0.479 e. The van der Waals surface area contributed by atoms with Crippen LogP contribution in [0.4, 0.5) is 10.5 Å². The van der Waals surface area contributed by atoms with Crippen molar-refractivity contribution in [3.8, 4) is 0 Å². The summed E-state index contributed by atoms with van der Waals surface area (Å²) in [4.78, 5) is 28.8. The maximum Gasteiger partial charge on any atom is 0.415 e. The molecular formula is C22H29N3O4. The van der Waals surface area contributed by atoms with Gasteiger partial charge in [0.1, 0.15) is 0 Å². The third-order valence-corrected chi connectivity index (χ3v) is 5.71. The average Bonchev–Trinajstić information content (AvgIpc) is 3.13. The number of carbonyl (C=O) groups is 2. The summed E-state index contributed by atoms with van der Waals surface area (Å²) < 4.78 is 7.33. The molecule has 2 heterocycles. The largest absolute Gasteiger partial charge is 0.479 e. The highest BCUT2D eigenvalue weighted by atomic mass is 16.6. The van der Waals surface area contributed by atoms with Crippen molar-refractivity contribution in [3.63, 3.8) is 0 Å². The molecular weight excluding hydrogens is 370 g/mol. The number of carboxylic acid groups (broad SMARTS) is 1. The van der Waals surface area contributed by atoms with Crippen molar-refractivity contribution >= 4 is 17.7 Å². The van der Waals surface area contributed by atoms with Crippen LogP contribution < -0.4 is 4.90 Å². The predicted octanol–water partition coefficient (Wildman–Crippen LogP) is 3.15. The minimum absolute atomic E-state index is 0.195. The van der Waals surface area contributed by atoms with E-state index in [1.807, 2.05) is 25.4 Å². The first-order valence-corrected chi connectivity index (χ1v) is 10.1. The number of likely N-dealkylation sites (tertiary alicyclic amines) is 1. The van der Waals surface area contributed by atoms with E-state index in [1.165, 1.54) is 10.6 Å². The maximum atomic E-state index is 12.8. The standard InChI is InChI=1S/C22H29N3O4/c1-3-29-21(28)25(19-8-5-4-6-9-19)22(20(26)27)12-16-24(17-13-22)15-11-18-10-7-14-23(18)2/h4-10,14H,3,11-13,15-17H2,1-2H3,(H,26,27). The Balaban J connectivity index is 1.77. The molecule has 2 aromatic rings. The van der Waals surface area contributed by atoms with E-state index in [0.717, 1.165) is 13.0 Å². The van der Waals surface area contributed by atoms with Crippen LogP contribution >= 0.6 is 0 Å². The molecule has 0 aliphatic carbocycles. The molecule has 1 aromatic carbocycles. The number of amides is 1. The predicted molar refractivity (Wildman–Crippen MR) is 111 cm³/mol. The summed E-state index contributed by atoms with van der Waals surface area (Å²) in [5, 5.41) is 10.2. The normalized spacial score (nSPS) is 16.3. The summed E-state index contributed by atoms with van der Waals surface area (Å²) in [6.07, 6.45) is 3.02. The Labute approximate surface area is 171 Å². The van der Waals surface area contributed by atoms with Gasteiger partial charge in [0.05, 0.1) is 6.61 Å². The Kier molecular flexibility index (Phi) is 6.59. The zero-order valence-corrected chi connectivity index (χ0v) is 17.1. The molecule has 1 fully saturated rings. The van der Waals surface area contributed by atoms with Gasteiger partial charge in [-0.25, -0.2) is 9.59 Å². The Bertz CT molecular complexity index is 826. The highest BCUT2D eigenvalue weighted by molar-refractivity contribution is 5.98. The highest BCUT2D eigenvalue weighted by Crippen LogP contribution is 2.34. The van der Waals surface area contributed by atoms with Crippen molar-refractivity contribution in [3.05, 3.63) is 54.4 Å². The molecule has 1 aromatic heterocycles. The van der Waals surface area contributed by atoms with E-state index in [1.54, 1.807) is 31.2 Å². The van der Waals surface area contributed by atoms with E-state index < -0.39 is 17.6 Å². The molecule has 0 saturated carbocycles. The molecule has 0 radical (unpaired) electrons. The van der Waals surface area contributed by atoms with Crippen molar-refractivity contribution in [2.75, 3.05) is 31.1 Å². The van der Waals surface area contributed by atoms with E-state index in [0.29, 0.717) is 31.6 Å². The summed E-state index contributed by atoms with van der Waals surface area (Å²) in [7, 11) is 2.03. The van der Waals surface area contributed by atoms with Crippen LogP contribution in [0.2, 0.25) is 0 Å². The number of benzene rings is 1. The summed E-state index contributed by atoms with van der Waals surface area (Å²) in [6, 6.07) is 13.1. The maximum absolute atomic E-state index is 12.8. The molecule has 1 aliphatic heterocycles. The number of ether oxygens (including phenoxy) is 1. The van der Waals surface area contributed by atoms with Crippen LogP contribution in [0.15, 0.2) is 48.7 Å². The van der Waals surface area contributed by atoms with Crippen LogP contribution in [0.3, 0.4) is 0 Å². The zero-order chi connectivity index (χ0) is 20.9. The number of hydrogen-bond acceptors (Lipinski definition) is 4. The molecule has 1 saturated heterocycles. The Morgan fingerprint density at radius 2 is 1.83 bits per heavy atom. The molecule has 156 valence electrons. The van der Waals surface area contributed by atoms with E-state index in [9.17, 15) is 14.7 Å². The van der Waals surface area contributed by atoms with Gasteiger partial charge in [0.2, 0.25) is 0 Å². The topological polar surface area (TPSA) is 75.0 Å². The second-order valence-electron chi connectivity index (χ2n) is 7.41. The SMILES string of the molecule is CCOC(=O)N(c1ccccc1)C1(C(=O)O)CCN(CCc2cccn2C)CC1. The first-order valence-electron chi connectivity index (χ1n) is 10.1. The number of para-hydroxylation sites is 1. The fourth-order valence-corrected chi connectivity index (χ4v) is 4.00. The molecule has 0 atom stereocenters. The van der Waals surface area contributed by atoms with Gasteiger partial charge in [-0.3, -0.25) is 4.90 Å². The zero-order valence-electron chi connectivity index (χ0n) is 17.1. The van der Waals surface area contributed by atoms with Gasteiger partial charge in [-0.1, -0.05) is 18.2 Å². The molecule has 0 bridgehead atoms. The lowest BCUT2D eigenvalue weighted by Gasteiger charge is -2.45. The van der Waals surface area contributed by atoms with Crippen LogP contribution in [0.5, 0.6) is 0 Å². The summed E-state index contributed by atoms with van der Waals surface area (Å²) in [5.74, 6) is -0.989. The molecule has 7 nitrogen and oxygen atoms in total. The highest BCUT2D eigenvalue weighted by Gasteiger charge is 2.50. The van der Waals surface area contributed by atoms with E-state index in [2.05, 4.69) is 15.5 Å². The fraction of sp³-hybridized carbons (Fsp3) is 0.455. The first-order chi connectivity index (χ1) is 14.0. The number of anilines is 1. The number of aromatic nitrogens is 1. The van der Waals surface area contributed by atoms with Gasteiger partial charge in [0, 0.05) is 50.7 Å². The van der Waals surface area contributed by atoms with E-state index in [-0.39, 0.29) is 6.61 Å². The van der Waals surface area contributed by atoms with Gasteiger partial charge < -0.3 is 19.3 Å². The molecule has 0 spiro atoms. The third-order valence-electron chi connectivity index (χ3n) is 5.71. The number of hydrogen-bond donors (Lipinski definition) is 1. The minimum atomic E-state index is -1.31. The van der Waals surface area contributed by atoms with Gasteiger partial charge in [-0.05, 0) is 44.0 Å². The summed E-state index contributed by atoms with van der Waals surface area (Å²) in [5.41, 5.74) is 0.484. The summed E-state index contributed by atoms with van der Waals surface area (Å²) >= 11 is 0. The molecule has 29 heavy (non-hydrogen) atoms. The number of rotatable bonds is 7. The lowest BCUT2D eigenvalue weighted by Crippen LogP contribution is -2.62. The fourth-order valence-electron chi connectivity index (χ4n) is 4.00. The second-order valence-corrected chi connectivity index (χ2v) is 7.41. The van der Waals surface area contributed by atoms with Gasteiger partial charge in [0.25, 0.3) is 0 Å². The van der Waals surface area contributed by atoms with Gasteiger partial charge in [-0.2, -0.15) is 0 Å². The molecule has 3 rings (SSSR count). The quantitative estimate of drug-likeness (QED) is 0.774. The lowest BCUT2D eigenvalue weighted by molar-refractivity contribution is -0.145. The second kappa shape index (κ2) is 9.13. The number of aryl methyl sites for hydroxylation is 1. The summed E-state index contributed by atoms with van der Waals surface area (Å²) in [6.45, 7) is 4.00. The van der Waals surface area contributed by atoms with Crippen LogP contribution in [-0.2, 0) is 23.0 Å². The van der Waals surface area contributed by atoms with Gasteiger partial charge >= 0.3 is 12.1 Å². The van der Waals surface area contributed by atoms with Crippen molar-refractivity contribution < 1.29 is 19.4 Å². The molecule has 1 N–H and O–H groups in total. The Morgan fingerprint density at radius 1 is 1.14 bits per heavy atom. The first kappa shape index (κ1) is 20.9. The van der Waals surface area contributed by atoms with Crippen LogP contribution in [-0.4, -0.2) is 58.4 Å². The van der Waals surface area contributed by atoms with Crippen molar-refractivity contribution in [2.45, 2.75) is 31.7 Å². The molecule has 7 heteroatoms. The van der Waals surface area contributed by atoms with Crippen LogP contribution in [0.25, 0.3) is 0 Å². The number of nitrogens with zero attached hydrogens (tertiary/aromatic N) is 3. The Morgan fingerprint density at radius 3 is 2.38 bits per heavy atom. The van der Waals surface area contributed by atoms with Crippen molar-refractivity contribution in [2.24, 2.45) is 7.05 Å². The third kappa shape index (κ3) is 4.45. The van der Waals surface area contributed by atoms with E-state index >= 15 is 0 Å². The molecule has 0 unspecified atom stereocenters. The molecule has 1 amide bonds. The molecule has 1 aliphatic rings. The number of aliphatic carboxylic acids is 1. The lowest BCUT2D eigenvalue weighted by atomic mass is 9.85. The van der Waals surface area contributed by atoms with Crippen molar-refractivity contribution in [1.29, 1.82) is 0 Å². The monoisotopic (exact) mass is 399 g/mol. The van der Waals surface area contributed by atoms with E-state index in [4.69, 9.17) is 4.74 Å². The van der Waals surface area contributed by atoms with Crippen molar-refractivity contribution in [1.82, 2.24) is 9.47 Å². The van der Waals surface area contributed by atoms with Gasteiger partial charge in [-0.15, -0.1) is 0 Å². The number of carboxylic acids is 1. The van der Waals surface area contributed by atoms with Gasteiger partial charge in [0.15, 0.2) is 5.54 Å². The Hall–Kier alpha value is -2.80. The van der Waals surface area contributed by atoms with Crippen LogP contribution in [0.1, 0.15) is 25.5 Å². The number of carbonyl (C=O) groups excluding carboxylic acids is 1. The number of piperidine rings is 1.